The first-order chi connectivity index (χ1) is 14.2. The Kier molecular flexibility index (Phi) is 6.70. The number of para-hydroxylation sites is 1. The summed E-state index contributed by atoms with van der Waals surface area (Å²) in [5.74, 6) is 1.88. The van der Waals surface area contributed by atoms with Crippen LogP contribution in [0.25, 0.3) is 0 Å². The average molecular weight is 407 g/mol. The van der Waals surface area contributed by atoms with Crippen LogP contribution in [-0.4, -0.2) is 29.8 Å². The summed E-state index contributed by atoms with van der Waals surface area (Å²) in [7, 11) is 0. The third-order valence-electron chi connectivity index (χ3n) is 6.03. The van der Waals surface area contributed by atoms with Gasteiger partial charge in [0.15, 0.2) is 11.0 Å². The minimum Gasteiger partial charge on any atom is -0.313 e. The van der Waals surface area contributed by atoms with Gasteiger partial charge in [-0.15, -0.1) is 0 Å². The van der Waals surface area contributed by atoms with E-state index in [4.69, 9.17) is 4.99 Å². The molecule has 29 heavy (non-hydrogen) atoms. The molecular formula is C25H30N2OS. The van der Waals surface area contributed by atoms with Crippen LogP contribution in [0.5, 0.6) is 0 Å². The summed E-state index contributed by atoms with van der Waals surface area (Å²) in [6.45, 7) is 3.27. The van der Waals surface area contributed by atoms with E-state index in [2.05, 4.69) is 36.1 Å². The number of carbonyl (C=O) groups excluding carboxylic acids is 1. The lowest BCUT2D eigenvalue weighted by Crippen LogP contribution is -2.36. The number of Topliss-reactive ketones (excluding diaryl/α,β-unsaturated/α-hetero) is 1. The molecular weight excluding hydrogens is 376 g/mol. The molecule has 1 fully saturated rings. The zero-order valence-corrected chi connectivity index (χ0v) is 18.1. The van der Waals surface area contributed by atoms with Crippen LogP contribution in [0.1, 0.15) is 65.9 Å². The Morgan fingerprint density at radius 3 is 2.48 bits per heavy atom. The van der Waals surface area contributed by atoms with Crippen molar-refractivity contribution in [3.63, 3.8) is 0 Å². The van der Waals surface area contributed by atoms with E-state index in [1.807, 2.05) is 24.3 Å². The van der Waals surface area contributed by atoms with Gasteiger partial charge in [-0.2, -0.15) is 0 Å². The zero-order valence-electron chi connectivity index (χ0n) is 17.3. The van der Waals surface area contributed by atoms with Crippen LogP contribution in [0.2, 0.25) is 0 Å². The minimum absolute atomic E-state index is 0.150. The number of anilines is 1. The van der Waals surface area contributed by atoms with Crippen LogP contribution in [-0.2, 0) is 0 Å². The van der Waals surface area contributed by atoms with Gasteiger partial charge in [-0.3, -0.25) is 9.79 Å². The molecule has 3 nitrogen and oxygen atoms in total. The van der Waals surface area contributed by atoms with Gasteiger partial charge in [-0.25, -0.2) is 0 Å². The Bertz CT molecular complexity index is 869. The molecule has 2 aliphatic rings. The lowest BCUT2D eigenvalue weighted by molar-refractivity contribution is 0.100. The molecule has 152 valence electrons. The monoisotopic (exact) mass is 406 g/mol. The van der Waals surface area contributed by atoms with Gasteiger partial charge < -0.3 is 4.90 Å². The molecule has 1 saturated carbocycles. The molecule has 4 heteroatoms. The predicted octanol–water partition coefficient (Wildman–Crippen LogP) is 6.22. The molecule has 0 radical (unpaired) electrons. The normalized spacial score (nSPS) is 17.6. The molecule has 1 aliphatic carbocycles. The van der Waals surface area contributed by atoms with E-state index in [9.17, 15) is 4.79 Å². The lowest BCUT2D eigenvalue weighted by atomic mass is 9.84. The van der Waals surface area contributed by atoms with Crippen molar-refractivity contribution < 1.29 is 4.79 Å². The third kappa shape index (κ3) is 4.92. The lowest BCUT2D eigenvalue weighted by Gasteiger charge is -2.28. The van der Waals surface area contributed by atoms with Gasteiger partial charge in [0.2, 0.25) is 0 Å². The molecule has 0 atom stereocenters. The number of carbonyl (C=O) groups is 1. The van der Waals surface area contributed by atoms with E-state index in [0.29, 0.717) is 12.5 Å². The minimum atomic E-state index is 0.150. The summed E-state index contributed by atoms with van der Waals surface area (Å²) in [6, 6.07) is 16.7. The Morgan fingerprint density at radius 1 is 1.03 bits per heavy atom. The molecule has 2 aromatic carbocycles. The van der Waals surface area contributed by atoms with Crippen molar-refractivity contribution in [2.75, 3.05) is 23.7 Å². The molecule has 1 heterocycles. The van der Waals surface area contributed by atoms with E-state index in [1.54, 1.807) is 11.8 Å². The second-order valence-corrected chi connectivity index (χ2v) is 9.18. The highest BCUT2D eigenvalue weighted by Gasteiger charge is 2.22. The highest BCUT2D eigenvalue weighted by Crippen LogP contribution is 2.33. The van der Waals surface area contributed by atoms with Gasteiger partial charge >= 0.3 is 0 Å². The predicted molar refractivity (Wildman–Crippen MR) is 125 cm³/mol. The fraction of sp³-hybridized carbons (Fsp3) is 0.440. The van der Waals surface area contributed by atoms with Crippen molar-refractivity contribution in [1.29, 1.82) is 0 Å². The molecule has 2 aromatic rings. The standard InChI is InChI=1S/C25H30N2OS/c1-19-8-5-6-11-23(19)27(25-26-16-7-17-29-25)18-24(28)22-14-12-21(13-15-22)20-9-3-2-4-10-20/h5-6,8,11-15,20H,2-4,7,9-10,16-18H2,1H3. The number of benzene rings is 2. The fourth-order valence-corrected chi connectivity index (χ4v) is 5.30. The maximum absolute atomic E-state index is 13.2. The zero-order chi connectivity index (χ0) is 20.1. The van der Waals surface area contributed by atoms with Gasteiger partial charge in [0, 0.05) is 23.5 Å². The van der Waals surface area contributed by atoms with Crippen molar-refractivity contribution in [1.82, 2.24) is 0 Å². The molecule has 1 aliphatic heterocycles. The summed E-state index contributed by atoms with van der Waals surface area (Å²) in [5, 5.41) is 0.970. The Labute approximate surface area is 178 Å². The number of hydrogen-bond acceptors (Lipinski definition) is 4. The molecule has 0 saturated heterocycles. The molecule has 0 amide bonds. The summed E-state index contributed by atoms with van der Waals surface area (Å²) >= 11 is 1.76. The van der Waals surface area contributed by atoms with Crippen LogP contribution in [0.4, 0.5) is 5.69 Å². The second-order valence-electron chi connectivity index (χ2n) is 8.12. The number of nitrogens with zero attached hydrogens (tertiary/aromatic N) is 2. The highest BCUT2D eigenvalue weighted by molar-refractivity contribution is 8.14. The molecule has 0 N–H and O–H groups in total. The number of amidine groups is 1. The third-order valence-corrected chi connectivity index (χ3v) is 7.13. The van der Waals surface area contributed by atoms with Gasteiger partial charge in [0.05, 0.1) is 6.54 Å². The van der Waals surface area contributed by atoms with Crippen LogP contribution in [0.15, 0.2) is 53.5 Å². The van der Waals surface area contributed by atoms with Crippen molar-refractivity contribution in [2.45, 2.75) is 51.4 Å². The van der Waals surface area contributed by atoms with Gasteiger partial charge in [0.25, 0.3) is 0 Å². The Hall–Kier alpha value is -2.07. The van der Waals surface area contributed by atoms with E-state index in [0.717, 1.165) is 35.1 Å². The van der Waals surface area contributed by atoms with E-state index >= 15 is 0 Å². The van der Waals surface area contributed by atoms with E-state index in [1.165, 1.54) is 43.2 Å². The first-order valence-corrected chi connectivity index (χ1v) is 11.8. The van der Waals surface area contributed by atoms with Crippen molar-refractivity contribution >= 4 is 28.4 Å². The fourth-order valence-electron chi connectivity index (χ4n) is 4.35. The maximum atomic E-state index is 13.2. The topological polar surface area (TPSA) is 32.7 Å². The van der Waals surface area contributed by atoms with Gasteiger partial charge in [-0.1, -0.05) is 73.5 Å². The van der Waals surface area contributed by atoms with Crippen LogP contribution in [0, 0.1) is 6.92 Å². The molecule has 0 bridgehead atoms. The SMILES string of the molecule is Cc1ccccc1N(CC(=O)c1ccc(C2CCCCC2)cc1)C1=NCCCS1. The van der Waals surface area contributed by atoms with Crippen molar-refractivity contribution in [3.8, 4) is 0 Å². The number of aliphatic imine (C=N–C) groups is 1. The molecule has 0 unspecified atom stereocenters. The Morgan fingerprint density at radius 2 is 1.79 bits per heavy atom. The first-order valence-electron chi connectivity index (χ1n) is 10.9. The summed E-state index contributed by atoms with van der Waals surface area (Å²) in [4.78, 5) is 20.0. The number of thioether (sulfide) groups is 1. The van der Waals surface area contributed by atoms with Gasteiger partial charge in [-0.05, 0) is 49.3 Å². The van der Waals surface area contributed by atoms with Crippen LogP contribution in [0.3, 0.4) is 0 Å². The highest BCUT2D eigenvalue weighted by atomic mass is 32.2. The van der Waals surface area contributed by atoms with Crippen molar-refractivity contribution in [3.05, 3.63) is 65.2 Å². The van der Waals surface area contributed by atoms with Crippen LogP contribution < -0.4 is 4.90 Å². The smallest absolute Gasteiger partial charge is 0.182 e. The first kappa shape index (κ1) is 20.2. The van der Waals surface area contributed by atoms with Gasteiger partial charge in [0.1, 0.15) is 0 Å². The number of rotatable bonds is 5. The maximum Gasteiger partial charge on any atom is 0.182 e. The summed E-state index contributed by atoms with van der Waals surface area (Å²) in [5.41, 5.74) is 4.43. The second kappa shape index (κ2) is 9.62. The van der Waals surface area contributed by atoms with Crippen molar-refractivity contribution in [2.24, 2.45) is 4.99 Å². The Balaban J connectivity index is 1.53. The average Bonchev–Trinajstić information content (AvgIpc) is 2.79. The number of aryl methyl sites for hydroxylation is 1. The van der Waals surface area contributed by atoms with Crippen LogP contribution >= 0.6 is 11.8 Å². The summed E-state index contributed by atoms with van der Waals surface area (Å²) < 4.78 is 0. The largest absolute Gasteiger partial charge is 0.313 e. The van der Waals surface area contributed by atoms with E-state index < -0.39 is 0 Å². The number of hydrogen-bond donors (Lipinski definition) is 0. The quantitative estimate of drug-likeness (QED) is 0.552. The van der Waals surface area contributed by atoms with E-state index in [-0.39, 0.29) is 5.78 Å². The molecule has 4 rings (SSSR count). The molecule has 0 spiro atoms. The molecule has 0 aromatic heterocycles. The number of ketones is 1. The summed E-state index contributed by atoms with van der Waals surface area (Å²) in [6.07, 6.45) is 7.69.